The summed E-state index contributed by atoms with van der Waals surface area (Å²) in [5.41, 5.74) is 5.08. The van der Waals surface area contributed by atoms with Crippen molar-refractivity contribution in [2.24, 2.45) is 5.92 Å². The summed E-state index contributed by atoms with van der Waals surface area (Å²) in [6, 6.07) is 0. The predicted octanol–water partition coefficient (Wildman–Crippen LogP) is 3.45. The van der Waals surface area contributed by atoms with Crippen LogP contribution in [0.1, 0.15) is 48.0 Å². The van der Waals surface area contributed by atoms with Crippen molar-refractivity contribution in [3.63, 3.8) is 0 Å². The predicted molar refractivity (Wildman–Crippen MR) is 61.2 cm³/mol. The van der Waals surface area contributed by atoms with E-state index in [1.54, 1.807) is 0 Å². The summed E-state index contributed by atoms with van der Waals surface area (Å²) < 4.78 is 0. The molecule has 1 atom stereocenters. The topological polar surface area (TPSA) is 20.2 Å². The van der Waals surface area contributed by atoms with Crippen LogP contribution in [0.15, 0.2) is 22.3 Å². The smallest absolute Gasteiger partial charge is 0.0629 e. The van der Waals surface area contributed by atoms with Gasteiger partial charge in [-0.05, 0) is 58.1 Å². The lowest BCUT2D eigenvalue weighted by atomic mass is 9.89. The molecule has 1 nitrogen and oxygen atoms in total. The van der Waals surface area contributed by atoms with Crippen LogP contribution in [0, 0.1) is 5.92 Å². The molecule has 1 aliphatic rings. The maximum atomic E-state index is 9.83. The maximum Gasteiger partial charge on any atom is 0.0629 e. The summed E-state index contributed by atoms with van der Waals surface area (Å²) >= 11 is 0. The Morgan fingerprint density at radius 2 is 1.64 bits per heavy atom. The molecule has 0 aliphatic heterocycles. The van der Waals surface area contributed by atoms with E-state index in [0.29, 0.717) is 5.92 Å². The minimum atomic E-state index is -0.588. The number of hydrogen-bond acceptors (Lipinski definition) is 1. The molecule has 0 fully saturated rings. The fourth-order valence-corrected chi connectivity index (χ4v) is 2.20. The van der Waals surface area contributed by atoms with Crippen LogP contribution in [-0.4, -0.2) is 10.7 Å². The summed E-state index contributed by atoms with van der Waals surface area (Å²) in [4.78, 5) is 0. The van der Waals surface area contributed by atoms with Gasteiger partial charge in [-0.3, -0.25) is 0 Å². The van der Waals surface area contributed by atoms with Crippen molar-refractivity contribution in [2.45, 2.75) is 53.6 Å². The van der Waals surface area contributed by atoms with E-state index in [1.807, 2.05) is 13.8 Å². The molecule has 0 aromatic rings. The van der Waals surface area contributed by atoms with Gasteiger partial charge in [-0.15, -0.1) is 0 Å². The van der Waals surface area contributed by atoms with Crippen molar-refractivity contribution in [3.8, 4) is 0 Å². The Kier molecular flexibility index (Phi) is 2.91. The van der Waals surface area contributed by atoms with Crippen molar-refractivity contribution in [2.75, 3.05) is 0 Å². The van der Waals surface area contributed by atoms with E-state index in [9.17, 15) is 5.11 Å². The van der Waals surface area contributed by atoms with E-state index in [-0.39, 0.29) is 0 Å². The normalized spacial score (nSPS) is 23.8. The van der Waals surface area contributed by atoms with E-state index in [1.165, 1.54) is 22.3 Å². The molecule has 0 radical (unpaired) electrons. The Hall–Kier alpha value is -0.560. The van der Waals surface area contributed by atoms with Crippen LogP contribution in [0.3, 0.4) is 0 Å². The Morgan fingerprint density at radius 3 is 1.93 bits per heavy atom. The molecule has 80 valence electrons. The Labute approximate surface area is 87.5 Å². The van der Waals surface area contributed by atoms with Crippen molar-refractivity contribution in [1.29, 1.82) is 0 Å². The highest BCUT2D eigenvalue weighted by atomic mass is 16.3. The lowest BCUT2D eigenvalue weighted by Gasteiger charge is -2.22. The SMILES string of the molecule is CC1=C(C)C(C)C(CC(C)(C)O)=C1C. The molecule has 14 heavy (non-hydrogen) atoms. The monoisotopic (exact) mass is 194 g/mol. The molecule has 1 aliphatic carbocycles. The van der Waals surface area contributed by atoms with Crippen LogP contribution in [-0.2, 0) is 0 Å². The molecule has 1 unspecified atom stereocenters. The zero-order valence-electron chi connectivity index (χ0n) is 10.2. The minimum absolute atomic E-state index is 0.515. The Balaban J connectivity index is 2.94. The van der Waals surface area contributed by atoms with Crippen molar-refractivity contribution < 1.29 is 5.11 Å². The molecule has 0 aromatic heterocycles. The van der Waals surface area contributed by atoms with Gasteiger partial charge in [0.2, 0.25) is 0 Å². The second-order valence-corrected chi connectivity index (χ2v) is 5.17. The number of aliphatic hydroxyl groups is 1. The first-order chi connectivity index (χ1) is 6.24. The number of hydrogen-bond donors (Lipinski definition) is 1. The van der Waals surface area contributed by atoms with E-state index in [4.69, 9.17) is 0 Å². The second kappa shape index (κ2) is 3.54. The van der Waals surface area contributed by atoms with E-state index < -0.39 is 5.60 Å². The van der Waals surface area contributed by atoms with Crippen LogP contribution in [0.2, 0.25) is 0 Å². The van der Waals surface area contributed by atoms with Gasteiger partial charge in [0.1, 0.15) is 0 Å². The molecule has 1 heteroatoms. The summed E-state index contributed by atoms with van der Waals surface area (Å²) in [5.74, 6) is 0.515. The molecule has 1 rings (SSSR count). The standard InChI is InChI=1S/C13H22O/c1-8-9(2)11(4)12(10(8)3)7-13(5,6)14/h10,14H,7H2,1-6H3. The van der Waals surface area contributed by atoms with E-state index in [2.05, 4.69) is 27.7 Å². The third-order valence-electron chi connectivity index (χ3n) is 3.43. The molecular weight excluding hydrogens is 172 g/mol. The molecule has 0 aromatic carbocycles. The van der Waals surface area contributed by atoms with Gasteiger partial charge in [-0.1, -0.05) is 18.1 Å². The third-order valence-corrected chi connectivity index (χ3v) is 3.43. The molecule has 0 saturated heterocycles. The first-order valence-corrected chi connectivity index (χ1v) is 5.34. The van der Waals surface area contributed by atoms with Gasteiger partial charge >= 0.3 is 0 Å². The van der Waals surface area contributed by atoms with Crippen LogP contribution in [0.25, 0.3) is 0 Å². The summed E-state index contributed by atoms with van der Waals surface area (Å²) in [5, 5.41) is 9.83. The minimum Gasteiger partial charge on any atom is -0.390 e. The highest BCUT2D eigenvalue weighted by Gasteiger charge is 2.27. The lowest BCUT2D eigenvalue weighted by molar-refractivity contribution is 0.0790. The molecule has 1 N–H and O–H groups in total. The largest absolute Gasteiger partial charge is 0.390 e. The second-order valence-electron chi connectivity index (χ2n) is 5.17. The quantitative estimate of drug-likeness (QED) is 0.714. The van der Waals surface area contributed by atoms with Crippen LogP contribution >= 0.6 is 0 Å². The van der Waals surface area contributed by atoms with Gasteiger partial charge in [-0.25, -0.2) is 0 Å². The zero-order valence-corrected chi connectivity index (χ0v) is 10.2. The van der Waals surface area contributed by atoms with E-state index >= 15 is 0 Å². The average Bonchev–Trinajstić information content (AvgIpc) is 2.20. The molecular formula is C13H22O. The van der Waals surface area contributed by atoms with Crippen molar-refractivity contribution in [3.05, 3.63) is 22.3 Å². The lowest BCUT2D eigenvalue weighted by Crippen LogP contribution is -2.21. The van der Waals surface area contributed by atoms with Crippen molar-refractivity contribution in [1.82, 2.24) is 0 Å². The number of rotatable bonds is 2. The summed E-state index contributed by atoms with van der Waals surface area (Å²) in [7, 11) is 0. The first kappa shape index (κ1) is 11.5. The fourth-order valence-electron chi connectivity index (χ4n) is 2.20. The molecule has 0 spiro atoms. The average molecular weight is 194 g/mol. The first-order valence-electron chi connectivity index (χ1n) is 5.34. The highest BCUT2D eigenvalue weighted by molar-refractivity contribution is 5.46. The summed E-state index contributed by atoms with van der Waals surface area (Å²) in [6.07, 6.45) is 0.786. The van der Waals surface area contributed by atoms with Gasteiger partial charge in [0.15, 0.2) is 0 Å². The van der Waals surface area contributed by atoms with Crippen molar-refractivity contribution >= 4 is 0 Å². The summed E-state index contributed by atoms with van der Waals surface area (Å²) in [6.45, 7) is 12.5. The zero-order chi connectivity index (χ0) is 11.1. The van der Waals surface area contributed by atoms with Crippen LogP contribution in [0.5, 0.6) is 0 Å². The Morgan fingerprint density at radius 1 is 1.14 bits per heavy atom. The molecule has 0 bridgehead atoms. The van der Waals surface area contributed by atoms with Gasteiger partial charge in [0.25, 0.3) is 0 Å². The Bertz CT molecular complexity index is 300. The van der Waals surface area contributed by atoms with Crippen LogP contribution < -0.4 is 0 Å². The molecule has 0 heterocycles. The van der Waals surface area contributed by atoms with E-state index in [0.717, 1.165) is 6.42 Å². The van der Waals surface area contributed by atoms with Gasteiger partial charge in [-0.2, -0.15) is 0 Å². The van der Waals surface area contributed by atoms with Gasteiger partial charge < -0.3 is 5.11 Å². The van der Waals surface area contributed by atoms with Crippen LogP contribution in [0.4, 0.5) is 0 Å². The molecule has 0 amide bonds. The highest BCUT2D eigenvalue weighted by Crippen LogP contribution is 2.40. The van der Waals surface area contributed by atoms with Gasteiger partial charge in [0, 0.05) is 0 Å². The maximum absolute atomic E-state index is 9.83. The van der Waals surface area contributed by atoms with Gasteiger partial charge in [0.05, 0.1) is 5.60 Å². The molecule has 0 saturated carbocycles. The third kappa shape index (κ3) is 2.09. The number of allylic oxidation sites excluding steroid dienone is 3. The fraction of sp³-hybridized carbons (Fsp3) is 0.692.